The number of piperazine rings is 1. The van der Waals surface area contributed by atoms with Gasteiger partial charge in [0.25, 0.3) is 5.91 Å². The average Bonchev–Trinajstić information content (AvgIpc) is 2.69. The highest BCUT2D eigenvalue weighted by atomic mass is 32.2. The van der Waals surface area contributed by atoms with E-state index in [1.54, 1.807) is 23.9 Å². The summed E-state index contributed by atoms with van der Waals surface area (Å²) in [6.45, 7) is 3.12. The molecule has 0 spiro atoms. The van der Waals surface area contributed by atoms with Gasteiger partial charge in [-0.1, -0.05) is 36.4 Å². The molecule has 2 aromatic carbocycles. The van der Waals surface area contributed by atoms with Crippen LogP contribution in [-0.2, 0) is 15.3 Å². The zero-order valence-electron chi connectivity index (χ0n) is 15.7. The fraction of sp³-hybridized carbons (Fsp3) is 0.333. The third-order valence-electron chi connectivity index (χ3n) is 4.68. The second-order valence-corrected chi connectivity index (χ2v) is 7.83. The van der Waals surface area contributed by atoms with Crippen molar-refractivity contribution in [3.8, 4) is 0 Å². The summed E-state index contributed by atoms with van der Waals surface area (Å²) in [4.78, 5) is 27.5. The van der Waals surface area contributed by atoms with Crippen LogP contribution in [0, 0.1) is 5.82 Å². The maximum Gasteiger partial charge on any atom is 0.279 e. The van der Waals surface area contributed by atoms with E-state index < -0.39 is 0 Å². The summed E-state index contributed by atoms with van der Waals surface area (Å²) in [5.41, 5.74) is 1.69. The van der Waals surface area contributed by atoms with Crippen LogP contribution in [0.1, 0.15) is 5.56 Å². The second-order valence-electron chi connectivity index (χ2n) is 6.84. The van der Waals surface area contributed by atoms with Gasteiger partial charge in [0.2, 0.25) is 5.91 Å². The zero-order chi connectivity index (χ0) is 19.8. The predicted molar refractivity (Wildman–Crippen MR) is 110 cm³/mol. The maximum absolute atomic E-state index is 13.2. The highest BCUT2D eigenvalue weighted by Crippen LogP contribution is 2.12. The molecule has 0 aliphatic carbocycles. The number of nitrogens with one attached hydrogen (secondary N) is 2. The van der Waals surface area contributed by atoms with Crippen LogP contribution >= 0.6 is 11.8 Å². The molecule has 0 radical (unpaired) electrons. The van der Waals surface area contributed by atoms with Gasteiger partial charge in [-0.25, -0.2) is 4.39 Å². The van der Waals surface area contributed by atoms with Crippen molar-refractivity contribution in [3.05, 3.63) is 66.0 Å². The van der Waals surface area contributed by atoms with Crippen molar-refractivity contribution in [1.82, 2.24) is 4.90 Å². The van der Waals surface area contributed by atoms with Crippen molar-refractivity contribution in [1.29, 1.82) is 0 Å². The molecule has 1 aliphatic rings. The highest BCUT2D eigenvalue weighted by molar-refractivity contribution is 7.99. The normalized spacial score (nSPS) is 14.7. The number of hydrogen-bond donors (Lipinski definition) is 2. The molecule has 2 amide bonds. The van der Waals surface area contributed by atoms with Gasteiger partial charge in [0, 0.05) is 11.4 Å². The molecule has 7 heteroatoms. The maximum atomic E-state index is 13.2. The molecule has 3 rings (SSSR count). The van der Waals surface area contributed by atoms with Crippen molar-refractivity contribution < 1.29 is 18.9 Å². The van der Waals surface area contributed by atoms with E-state index in [0.29, 0.717) is 31.1 Å². The van der Waals surface area contributed by atoms with Gasteiger partial charge in [-0.15, -0.1) is 11.8 Å². The van der Waals surface area contributed by atoms with Crippen molar-refractivity contribution in [2.75, 3.05) is 43.8 Å². The molecule has 28 heavy (non-hydrogen) atoms. The third-order valence-corrected chi connectivity index (χ3v) is 5.67. The number of rotatable bonds is 7. The molecule has 1 heterocycles. The van der Waals surface area contributed by atoms with E-state index in [-0.39, 0.29) is 17.6 Å². The van der Waals surface area contributed by atoms with Crippen LogP contribution in [0.4, 0.5) is 10.1 Å². The first-order chi connectivity index (χ1) is 13.6. The third kappa shape index (κ3) is 6.35. The topological polar surface area (TPSA) is 53.9 Å². The Kier molecular flexibility index (Phi) is 7.45. The molecule has 0 atom stereocenters. The van der Waals surface area contributed by atoms with E-state index in [9.17, 15) is 14.0 Å². The van der Waals surface area contributed by atoms with Crippen molar-refractivity contribution in [2.45, 2.75) is 5.75 Å². The Bertz CT molecular complexity index is 795. The first kappa shape index (κ1) is 20.4. The smallest absolute Gasteiger partial charge is 0.279 e. The number of thioether (sulfide) groups is 1. The molecule has 148 valence electrons. The van der Waals surface area contributed by atoms with Gasteiger partial charge in [-0.2, -0.15) is 0 Å². The summed E-state index contributed by atoms with van der Waals surface area (Å²) in [7, 11) is 0. The predicted octanol–water partition coefficient (Wildman–Crippen LogP) is 1.42. The van der Waals surface area contributed by atoms with Gasteiger partial charge in [0.1, 0.15) is 5.82 Å². The van der Waals surface area contributed by atoms with Gasteiger partial charge >= 0.3 is 0 Å². The van der Waals surface area contributed by atoms with Crippen molar-refractivity contribution in [2.24, 2.45) is 0 Å². The largest absolute Gasteiger partial charge is 0.331 e. The minimum atomic E-state index is -0.373. The molecule has 2 aromatic rings. The van der Waals surface area contributed by atoms with E-state index in [2.05, 4.69) is 17.4 Å². The summed E-state index contributed by atoms with van der Waals surface area (Å²) in [6, 6.07) is 16.0. The van der Waals surface area contributed by atoms with E-state index in [0.717, 1.165) is 23.7 Å². The Morgan fingerprint density at radius 3 is 2.54 bits per heavy atom. The van der Waals surface area contributed by atoms with Crippen LogP contribution < -0.4 is 10.2 Å². The molecule has 0 bridgehead atoms. The lowest BCUT2D eigenvalue weighted by Crippen LogP contribution is -3.15. The lowest BCUT2D eigenvalue weighted by Gasteiger charge is -2.31. The minimum absolute atomic E-state index is 0.140. The first-order valence-corrected chi connectivity index (χ1v) is 10.5. The van der Waals surface area contributed by atoms with Gasteiger partial charge in [0.15, 0.2) is 6.54 Å². The zero-order valence-corrected chi connectivity index (χ0v) is 16.5. The van der Waals surface area contributed by atoms with Gasteiger partial charge in [-0.3, -0.25) is 9.59 Å². The molecule has 1 fully saturated rings. The van der Waals surface area contributed by atoms with Gasteiger partial charge in [-0.05, 0) is 23.8 Å². The van der Waals surface area contributed by atoms with Gasteiger partial charge in [0.05, 0.1) is 31.9 Å². The van der Waals surface area contributed by atoms with E-state index >= 15 is 0 Å². The number of carbonyl (C=O) groups is 2. The summed E-state index contributed by atoms with van der Waals surface area (Å²) in [5, 5.41) is 2.72. The highest BCUT2D eigenvalue weighted by Gasteiger charge is 2.25. The molecule has 2 N–H and O–H groups in total. The lowest BCUT2D eigenvalue weighted by molar-refractivity contribution is -0.895. The minimum Gasteiger partial charge on any atom is -0.331 e. The van der Waals surface area contributed by atoms with Crippen LogP contribution in [0.5, 0.6) is 0 Å². The Hall–Kier alpha value is -2.38. The van der Waals surface area contributed by atoms with Gasteiger partial charge < -0.3 is 15.1 Å². The van der Waals surface area contributed by atoms with E-state index in [1.807, 2.05) is 23.1 Å². The van der Waals surface area contributed by atoms with Crippen molar-refractivity contribution in [3.63, 3.8) is 0 Å². The molecule has 0 unspecified atom stereocenters. The lowest BCUT2D eigenvalue weighted by atomic mass is 10.2. The number of nitrogens with zero attached hydrogens (tertiary/aromatic N) is 1. The molecule has 0 saturated carbocycles. The fourth-order valence-corrected chi connectivity index (χ4v) is 4.06. The number of benzene rings is 2. The molecule has 1 saturated heterocycles. The average molecular weight is 403 g/mol. The summed E-state index contributed by atoms with van der Waals surface area (Å²) >= 11 is 1.63. The number of anilines is 1. The number of hydrogen-bond acceptors (Lipinski definition) is 3. The molecule has 1 aliphatic heterocycles. The molecular formula is C21H25FN3O2S+. The van der Waals surface area contributed by atoms with E-state index in [4.69, 9.17) is 0 Å². The van der Waals surface area contributed by atoms with Crippen LogP contribution in [0.2, 0.25) is 0 Å². The fourth-order valence-electron chi connectivity index (χ4n) is 3.17. The van der Waals surface area contributed by atoms with Crippen LogP contribution in [-0.4, -0.2) is 55.2 Å². The Morgan fingerprint density at radius 2 is 1.82 bits per heavy atom. The SMILES string of the molecule is O=C(C[NH+]1CCN(C(=O)CSCc2ccccc2)CC1)Nc1cccc(F)c1. The molecular weight excluding hydrogens is 377 g/mol. The number of carbonyl (C=O) groups excluding carboxylic acids is 2. The number of halogens is 1. The molecule has 0 aromatic heterocycles. The Balaban J connectivity index is 1.35. The quantitative estimate of drug-likeness (QED) is 0.737. The second kappa shape index (κ2) is 10.2. The first-order valence-electron chi connectivity index (χ1n) is 9.38. The summed E-state index contributed by atoms with van der Waals surface area (Å²) < 4.78 is 13.2. The van der Waals surface area contributed by atoms with Crippen LogP contribution in [0.3, 0.4) is 0 Å². The summed E-state index contributed by atoms with van der Waals surface area (Å²) in [5.74, 6) is 0.952. The van der Waals surface area contributed by atoms with Crippen molar-refractivity contribution >= 4 is 29.3 Å². The Morgan fingerprint density at radius 1 is 1.07 bits per heavy atom. The number of amides is 2. The van der Waals surface area contributed by atoms with E-state index in [1.165, 1.54) is 17.7 Å². The van der Waals surface area contributed by atoms with Crippen LogP contribution in [0.25, 0.3) is 0 Å². The number of quaternary nitrogens is 1. The Labute approximate surface area is 168 Å². The molecule has 5 nitrogen and oxygen atoms in total. The van der Waals surface area contributed by atoms with Crippen LogP contribution in [0.15, 0.2) is 54.6 Å². The summed E-state index contributed by atoms with van der Waals surface area (Å²) in [6.07, 6.45) is 0. The monoisotopic (exact) mass is 402 g/mol. The standard InChI is InChI=1S/C21H24FN3O2S/c22-18-7-4-8-19(13-18)23-20(26)14-24-9-11-25(12-10-24)21(27)16-28-15-17-5-2-1-3-6-17/h1-8,13H,9-12,14-16H2,(H,23,26)/p+1.